The lowest BCUT2D eigenvalue weighted by molar-refractivity contribution is 0.0829. The average Bonchev–Trinajstić information content (AvgIpc) is 3.41. The van der Waals surface area contributed by atoms with Crippen molar-refractivity contribution in [2.24, 2.45) is 5.92 Å². The van der Waals surface area contributed by atoms with Crippen molar-refractivity contribution in [3.05, 3.63) is 90.0 Å². The van der Waals surface area contributed by atoms with E-state index in [2.05, 4.69) is 66.0 Å². The molecular formula is C25H21NO2. The van der Waals surface area contributed by atoms with Gasteiger partial charge in [-0.05, 0) is 42.3 Å². The summed E-state index contributed by atoms with van der Waals surface area (Å²) in [5, 5.41) is 4.91. The molecule has 0 aliphatic carbocycles. The van der Waals surface area contributed by atoms with Gasteiger partial charge in [0.1, 0.15) is 11.3 Å². The van der Waals surface area contributed by atoms with Gasteiger partial charge in [0.2, 0.25) is 0 Å². The van der Waals surface area contributed by atoms with Crippen LogP contribution in [0.5, 0.6) is 0 Å². The van der Waals surface area contributed by atoms with Crippen LogP contribution in [-0.4, -0.2) is 6.61 Å². The van der Waals surface area contributed by atoms with Crippen LogP contribution < -0.4 is 5.32 Å². The molecule has 1 fully saturated rings. The third kappa shape index (κ3) is 2.47. The molecule has 3 heterocycles. The van der Waals surface area contributed by atoms with Crippen LogP contribution in [0.4, 0.5) is 5.69 Å². The van der Waals surface area contributed by atoms with Crippen LogP contribution in [0.25, 0.3) is 22.3 Å². The molecule has 1 unspecified atom stereocenters. The van der Waals surface area contributed by atoms with Crippen molar-refractivity contribution in [3.8, 4) is 11.3 Å². The average molecular weight is 367 g/mol. The van der Waals surface area contributed by atoms with Gasteiger partial charge in [-0.2, -0.15) is 0 Å². The number of anilines is 1. The van der Waals surface area contributed by atoms with E-state index in [1.807, 2.05) is 18.2 Å². The van der Waals surface area contributed by atoms with Crippen LogP contribution in [0, 0.1) is 5.92 Å². The molecule has 0 bridgehead atoms. The summed E-state index contributed by atoms with van der Waals surface area (Å²) >= 11 is 0. The predicted octanol–water partition coefficient (Wildman–Crippen LogP) is 6.34. The summed E-state index contributed by atoms with van der Waals surface area (Å²) in [5.74, 6) is 1.35. The molecule has 0 amide bonds. The van der Waals surface area contributed by atoms with Crippen LogP contribution in [0.15, 0.2) is 83.3 Å². The predicted molar refractivity (Wildman–Crippen MR) is 111 cm³/mol. The molecule has 2 aliphatic rings. The summed E-state index contributed by atoms with van der Waals surface area (Å²) in [4.78, 5) is 0. The van der Waals surface area contributed by atoms with Gasteiger partial charge in [-0.3, -0.25) is 0 Å². The lowest BCUT2D eigenvalue weighted by Gasteiger charge is -2.36. The van der Waals surface area contributed by atoms with Gasteiger partial charge in [-0.15, -0.1) is 0 Å². The first-order valence-corrected chi connectivity index (χ1v) is 9.93. The largest absolute Gasteiger partial charge is 0.456 e. The second kappa shape index (κ2) is 6.25. The topological polar surface area (TPSA) is 34.4 Å². The molecular weight excluding hydrogens is 346 g/mol. The number of para-hydroxylation sites is 1. The zero-order valence-corrected chi connectivity index (χ0v) is 15.5. The van der Waals surface area contributed by atoms with Crippen molar-refractivity contribution in [2.45, 2.75) is 18.6 Å². The highest BCUT2D eigenvalue weighted by molar-refractivity contribution is 5.83. The lowest BCUT2D eigenvalue weighted by atomic mass is 9.80. The van der Waals surface area contributed by atoms with Crippen LogP contribution in [0.2, 0.25) is 0 Å². The highest BCUT2D eigenvalue weighted by atomic mass is 16.5. The Morgan fingerprint density at radius 3 is 2.61 bits per heavy atom. The minimum atomic E-state index is 0.130. The van der Waals surface area contributed by atoms with Crippen molar-refractivity contribution < 1.29 is 9.15 Å². The van der Waals surface area contributed by atoms with Crippen LogP contribution in [0.1, 0.15) is 29.7 Å². The maximum absolute atomic E-state index is 6.21. The van der Waals surface area contributed by atoms with E-state index in [9.17, 15) is 0 Å². The molecule has 2 aliphatic heterocycles. The highest BCUT2D eigenvalue weighted by Gasteiger charge is 2.41. The van der Waals surface area contributed by atoms with E-state index in [4.69, 9.17) is 9.15 Å². The monoisotopic (exact) mass is 367 g/mol. The molecule has 0 radical (unpaired) electrons. The molecule has 1 N–H and O–H groups in total. The molecule has 6 rings (SSSR count). The molecule has 4 aromatic rings. The summed E-state index contributed by atoms with van der Waals surface area (Å²) in [6.45, 7) is 0.814. The second-order valence-corrected chi connectivity index (χ2v) is 7.73. The fourth-order valence-corrected chi connectivity index (χ4v) is 4.74. The summed E-state index contributed by atoms with van der Waals surface area (Å²) in [5.41, 5.74) is 5.76. The van der Waals surface area contributed by atoms with Crippen molar-refractivity contribution in [1.29, 1.82) is 0 Å². The Kier molecular flexibility index (Phi) is 3.56. The van der Waals surface area contributed by atoms with E-state index in [-0.39, 0.29) is 6.10 Å². The fraction of sp³-hybridized carbons (Fsp3) is 0.200. The Hall–Kier alpha value is -3.04. The van der Waals surface area contributed by atoms with Crippen LogP contribution in [0.3, 0.4) is 0 Å². The lowest BCUT2D eigenvalue weighted by Crippen LogP contribution is -2.29. The van der Waals surface area contributed by atoms with Crippen molar-refractivity contribution in [2.75, 3.05) is 11.9 Å². The molecule has 1 aromatic heterocycles. The summed E-state index contributed by atoms with van der Waals surface area (Å²) in [7, 11) is 0. The van der Waals surface area contributed by atoms with Crippen molar-refractivity contribution in [3.63, 3.8) is 0 Å². The number of benzene rings is 3. The Balaban J connectivity index is 1.42. The Bertz CT molecular complexity index is 1110. The maximum Gasteiger partial charge on any atom is 0.135 e. The molecule has 138 valence electrons. The summed E-state index contributed by atoms with van der Waals surface area (Å²) in [6, 6.07) is 27.8. The third-order valence-electron chi connectivity index (χ3n) is 6.10. The molecule has 0 spiro atoms. The van der Waals surface area contributed by atoms with Gasteiger partial charge in [-0.25, -0.2) is 0 Å². The van der Waals surface area contributed by atoms with Gasteiger partial charge in [0.05, 0.1) is 12.1 Å². The zero-order valence-electron chi connectivity index (χ0n) is 15.5. The number of furan rings is 1. The minimum absolute atomic E-state index is 0.130. The van der Waals surface area contributed by atoms with Gasteiger partial charge in [0.15, 0.2) is 0 Å². The second-order valence-electron chi connectivity index (χ2n) is 7.73. The molecule has 3 nitrogen and oxygen atoms in total. The number of fused-ring (bicyclic) bond motifs is 4. The Morgan fingerprint density at radius 1 is 0.857 bits per heavy atom. The van der Waals surface area contributed by atoms with E-state index in [1.165, 1.54) is 11.1 Å². The zero-order chi connectivity index (χ0) is 18.5. The molecule has 3 heteroatoms. The van der Waals surface area contributed by atoms with Gasteiger partial charge in [0, 0.05) is 34.7 Å². The smallest absolute Gasteiger partial charge is 0.135 e. The number of ether oxygens (including phenoxy) is 1. The van der Waals surface area contributed by atoms with Gasteiger partial charge in [-0.1, -0.05) is 48.5 Å². The van der Waals surface area contributed by atoms with E-state index in [0.717, 1.165) is 41.0 Å². The number of rotatable bonds is 2. The standard InChI is InChI=1S/C25H21NO2/c1-2-6-16(7-3-1)24-19-12-13-27-25(19)20-14-18(10-11-21(20)26-24)23-15-17-8-4-5-9-22(17)28-23/h1-11,14-15,19,24-26H,12-13H2/t19-,24-,25?/m0/s1. The SMILES string of the molecule is c1ccc([C@@H]2Nc3ccc(-c4cc5ccccc5o4)cc3C3OCC[C@H]32)cc1. The van der Waals surface area contributed by atoms with Gasteiger partial charge in [0.25, 0.3) is 0 Å². The van der Waals surface area contributed by atoms with Gasteiger partial charge >= 0.3 is 0 Å². The molecule has 28 heavy (non-hydrogen) atoms. The summed E-state index contributed by atoms with van der Waals surface area (Å²) < 4.78 is 12.3. The molecule has 1 saturated heterocycles. The van der Waals surface area contributed by atoms with E-state index >= 15 is 0 Å². The van der Waals surface area contributed by atoms with Gasteiger partial charge < -0.3 is 14.5 Å². The van der Waals surface area contributed by atoms with E-state index in [0.29, 0.717) is 12.0 Å². The Labute approximate surface area is 163 Å². The molecule has 3 aromatic carbocycles. The van der Waals surface area contributed by atoms with Crippen molar-refractivity contribution in [1.82, 2.24) is 0 Å². The highest BCUT2D eigenvalue weighted by Crippen LogP contribution is 2.50. The van der Waals surface area contributed by atoms with E-state index in [1.54, 1.807) is 0 Å². The van der Waals surface area contributed by atoms with Crippen LogP contribution in [-0.2, 0) is 4.74 Å². The number of nitrogens with one attached hydrogen (secondary N) is 1. The Morgan fingerprint density at radius 2 is 1.71 bits per heavy atom. The first-order valence-electron chi connectivity index (χ1n) is 9.93. The summed E-state index contributed by atoms with van der Waals surface area (Å²) in [6.07, 6.45) is 1.21. The quantitative estimate of drug-likeness (QED) is 0.449. The third-order valence-corrected chi connectivity index (χ3v) is 6.10. The maximum atomic E-state index is 6.21. The van der Waals surface area contributed by atoms with E-state index < -0.39 is 0 Å². The fourth-order valence-electron chi connectivity index (χ4n) is 4.74. The molecule has 3 atom stereocenters. The first kappa shape index (κ1) is 16.0. The first-order chi connectivity index (χ1) is 13.9. The van der Waals surface area contributed by atoms with Crippen LogP contribution >= 0.6 is 0 Å². The number of hydrogen-bond donors (Lipinski definition) is 1. The minimum Gasteiger partial charge on any atom is -0.456 e. The number of hydrogen-bond acceptors (Lipinski definition) is 3. The van der Waals surface area contributed by atoms with Crippen molar-refractivity contribution >= 4 is 16.7 Å². The normalized spacial score (nSPS) is 23.2. The molecule has 0 saturated carbocycles.